The highest BCUT2D eigenvalue weighted by Gasteiger charge is 2.10. The summed E-state index contributed by atoms with van der Waals surface area (Å²) in [5.41, 5.74) is 6.53. The molecule has 0 bridgehead atoms. The van der Waals surface area contributed by atoms with Crippen LogP contribution in [0.15, 0.2) is 54.6 Å². The average molecular weight is 444 g/mol. The van der Waals surface area contributed by atoms with Crippen molar-refractivity contribution < 1.29 is 28.6 Å². The van der Waals surface area contributed by atoms with E-state index in [0.717, 1.165) is 5.56 Å². The van der Waals surface area contributed by atoms with E-state index in [-0.39, 0.29) is 44.7 Å². The topological polar surface area (TPSA) is 129 Å². The van der Waals surface area contributed by atoms with E-state index < -0.39 is 5.97 Å². The third kappa shape index (κ3) is 10.1. The standard InChI is InChI=1S/C23H29N3O6/c24-10-11-25-21(27)9-13-30-14-12-26-22(28)17-31-20-8-4-7-19(15-20)23(29)32-16-18-5-2-1-3-6-18/h1-8,15H,9-14,16-17,24H2,(H,25,27)(H,26,28). The molecule has 2 aromatic rings. The second-order valence-electron chi connectivity index (χ2n) is 6.73. The van der Waals surface area contributed by atoms with Gasteiger partial charge in [-0.15, -0.1) is 0 Å². The van der Waals surface area contributed by atoms with Gasteiger partial charge in [-0.3, -0.25) is 9.59 Å². The first kappa shape index (κ1) is 24.8. The summed E-state index contributed by atoms with van der Waals surface area (Å²) >= 11 is 0. The molecule has 0 saturated carbocycles. The number of nitrogens with one attached hydrogen (secondary N) is 2. The highest BCUT2D eigenvalue weighted by atomic mass is 16.5. The van der Waals surface area contributed by atoms with Crippen LogP contribution >= 0.6 is 0 Å². The molecule has 0 aliphatic carbocycles. The van der Waals surface area contributed by atoms with Gasteiger partial charge >= 0.3 is 5.97 Å². The molecule has 2 amide bonds. The monoisotopic (exact) mass is 443 g/mol. The first-order chi connectivity index (χ1) is 15.6. The van der Waals surface area contributed by atoms with E-state index in [4.69, 9.17) is 19.9 Å². The molecule has 0 fully saturated rings. The zero-order valence-corrected chi connectivity index (χ0v) is 17.9. The minimum absolute atomic E-state index is 0.126. The SMILES string of the molecule is NCCNC(=O)CCOCCNC(=O)COc1cccc(C(=O)OCc2ccccc2)c1. The lowest BCUT2D eigenvalue weighted by atomic mass is 10.2. The van der Waals surface area contributed by atoms with Crippen molar-refractivity contribution in [1.29, 1.82) is 0 Å². The third-order valence-corrected chi connectivity index (χ3v) is 4.16. The predicted octanol–water partition coefficient (Wildman–Crippen LogP) is 1.02. The van der Waals surface area contributed by atoms with Crippen LogP contribution in [0.2, 0.25) is 0 Å². The quantitative estimate of drug-likeness (QED) is 0.294. The molecule has 2 rings (SSSR count). The molecule has 9 heteroatoms. The first-order valence-corrected chi connectivity index (χ1v) is 10.3. The number of carbonyl (C=O) groups excluding carboxylic acids is 3. The molecular weight excluding hydrogens is 414 g/mol. The second kappa shape index (κ2) is 14.6. The van der Waals surface area contributed by atoms with Gasteiger partial charge in [-0.25, -0.2) is 4.79 Å². The van der Waals surface area contributed by atoms with Crippen molar-refractivity contribution in [2.24, 2.45) is 5.73 Å². The maximum atomic E-state index is 12.2. The van der Waals surface area contributed by atoms with Crippen LogP contribution in [0.3, 0.4) is 0 Å². The maximum absolute atomic E-state index is 12.2. The van der Waals surface area contributed by atoms with Gasteiger partial charge in [0.15, 0.2) is 6.61 Å². The summed E-state index contributed by atoms with van der Waals surface area (Å²) in [4.78, 5) is 35.5. The normalized spacial score (nSPS) is 10.3. The van der Waals surface area contributed by atoms with Crippen molar-refractivity contribution in [3.05, 3.63) is 65.7 Å². The van der Waals surface area contributed by atoms with Crippen molar-refractivity contribution in [2.45, 2.75) is 13.0 Å². The molecule has 32 heavy (non-hydrogen) atoms. The highest BCUT2D eigenvalue weighted by molar-refractivity contribution is 5.89. The van der Waals surface area contributed by atoms with Gasteiger partial charge in [0, 0.05) is 26.1 Å². The molecule has 4 N–H and O–H groups in total. The van der Waals surface area contributed by atoms with E-state index in [2.05, 4.69) is 10.6 Å². The van der Waals surface area contributed by atoms with Crippen molar-refractivity contribution in [1.82, 2.24) is 10.6 Å². The molecule has 0 radical (unpaired) electrons. The summed E-state index contributed by atoms with van der Waals surface area (Å²) in [6, 6.07) is 15.8. The number of amides is 2. The summed E-state index contributed by atoms with van der Waals surface area (Å²) < 4.78 is 16.0. The Bertz CT molecular complexity index is 860. The molecule has 0 unspecified atom stereocenters. The Labute approximate surface area is 187 Å². The Hall–Kier alpha value is -3.43. The molecule has 0 aromatic heterocycles. The van der Waals surface area contributed by atoms with Gasteiger partial charge < -0.3 is 30.6 Å². The summed E-state index contributed by atoms with van der Waals surface area (Å²) in [5, 5.41) is 5.29. The number of ether oxygens (including phenoxy) is 3. The van der Waals surface area contributed by atoms with E-state index in [1.165, 1.54) is 6.07 Å². The zero-order chi connectivity index (χ0) is 23.0. The summed E-state index contributed by atoms with van der Waals surface area (Å²) in [7, 11) is 0. The minimum Gasteiger partial charge on any atom is -0.484 e. The lowest BCUT2D eigenvalue weighted by Crippen LogP contribution is -2.32. The van der Waals surface area contributed by atoms with Crippen molar-refractivity contribution in [3.8, 4) is 5.75 Å². The van der Waals surface area contributed by atoms with Gasteiger partial charge in [0.2, 0.25) is 5.91 Å². The van der Waals surface area contributed by atoms with Crippen molar-refractivity contribution in [2.75, 3.05) is 39.5 Å². The van der Waals surface area contributed by atoms with Gasteiger partial charge in [-0.05, 0) is 23.8 Å². The van der Waals surface area contributed by atoms with Crippen LogP contribution < -0.4 is 21.1 Å². The molecule has 2 aromatic carbocycles. The molecule has 0 spiro atoms. The van der Waals surface area contributed by atoms with Gasteiger partial charge in [0.05, 0.1) is 18.8 Å². The summed E-state index contributed by atoms with van der Waals surface area (Å²) in [6.45, 7) is 1.63. The fraction of sp³-hybridized carbons (Fsp3) is 0.348. The Morgan fingerprint density at radius 3 is 2.44 bits per heavy atom. The second-order valence-corrected chi connectivity index (χ2v) is 6.73. The number of hydrogen-bond acceptors (Lipinski definition) is 7. The number of esters is 1. The summed E-state index contributed by atoms with van der Waals surface area (Å²) in [5.74, 6) is -0.544. The molecule has 0 atom stereocenters. The number of benzene rings is 2. The molecule has 0 aliphatic heterocycles. The Kier molecular flexibility index (Phi) is 11.3. The number of carbonyl (C=O) groups is 3. The molecular formula is C23H29N3O6. The molecule has 0 saturated heterocycles. The number of hydrogen-bond donors (Lipinski definition) is 3. The lowest BCUT2D eigenvalue weighted by Gasteiger charge is -2.09. The molecule has 172 valence electrons. The van der Waals surface area contributed by atoms with Gasteiger partial charge in [-0.2, -0.15) is 0 Å². The lowest BCUT2D eigenvalue weighted by molar-refractivity contribution is -0.124. The van der Waals surface area contributed by atoms with Crippen LogP contribution in [0.4, 0.5) is 0 Å². The van der Waals surface area contributed by atoms with E-state index >= 15 is 0 Å². The van der Waals surface area contributed by atoms with Crippen molar-refractivity contribution >= 4 is 17.8 Å². The highest BCUT2D eigenvalue weighted by Crippen LogP contribution is 2.15. The predicted molar refractivity (Wildman–Crippen MR) is 118 cm³/mol. The summed E-state index contributed by atoms with van der Waals surface area (Å²) in [6.07, 6.45) is 0.237. The van der Waals surface area contributed by atoms with Crippen LogP contribution in [0.1, 0.15) is 22.3 Å². The third-order valence-electron chi connectivity index (χ3n) is 4.16. The maximum Gasteiger partial charge on any atom is 0.338 e. The van der Waals surface area contributed by atoms with Gasteiger partial charge in [0.1, 0.15) is 12.4 Å². The fourth-order valence-corrected chi connectivity index (χ4v) is 2.55. The Balaban J connectivity index is 1.62. The molecule has 9 nitrogen and oxygen atoms in total. The molecule has 0 heterocycles. The van der Waals surface area contributed by atoms with Gasteiger partial charge in [0.25, 0.3) is 5.91 Å². The Morgan fingerprint density at radius 1 is 0.875 bits per heavy atom. The van der Waals surface area contributed by atoms with E-state index in [0.29, 0.717) is 30.9 Å². The number of nitrogens with two attached hydrogens (primary N) is 1. The zero-order valence-electron chi connectivity index (χ0n) is 17.9. The Morgan fingerprint density at radius 2 is 1.66 bits per heavy atom. The fourth-order valence-electron chi connectivity index (χ4n) is 2.55. The van der Waals surface area contributed by atoms with Crippen LogP contribution in [0.25, 0.3) is 0 Å². The minimum atomic E-state index is -0.474. The first-order valence-electron chi connectivity index (χ1n) is 10.3. The van der Waals surface area contributed by atoms with E-state index in [9.17, 15) is 14.4 Å². The van der Waals surface area contributed by atoms with Crippen LogP contribution in [-0.2, 0) is 25.7 Å². The van der Waals surface area contributed by atoms with E-state index in [1.807, 2.05) is 30.3 Å². The van der Waals surface area contributed by atoms with E-state index in [1.54, 1.807) is 18.2 Å². The molecule has 0 aliphatic rings. The smallest absolute Gasteiger partial charge is 0.338 e. The van der Waals surface area contributed by atoms with Crippen molar-refractivity contribution in [3.63, 3.8) is 0 Å². The largest absolute Gasteiger partial charge is 0.484 e. The van der Waals surface area contributed by atoms with Crippen LogP contribution in [0, 0.1) is 0 Å². The number of rotatable bonds is 14. The average Bonchev–Trinajstić information content (AvgIpc) is 2.82. The van der Waals surface area contributed by atoms with Crippen LogP contribution in [0.5, 0.6) is 5.75 Å². The van der Waals surface area contributed by atoms with Gasteiger partial charge in [-0.1, -0.05) is 36.4 Å². The van der Waals surface area contributed by atoms with Crippen LogP contribution in [-0.4, -0.2) is 57.2 Å².